The third-order valence-corrected chi connectivity index (χ3v) is 2.83. The highest BCUT2D eigenvalue weighted by molar-refractivity contribution is 5.48. The van der Waals surface area contributed by atoms with E-state index in [1.165, 1.54) is 0 Å². The zero-order chi connectivity index (χ0) is 14.7. The van der Waals surface area contributed by atoms with E-state index in [-0.39, 0.29) is 6.61 Å². The van der Waals surface area contributed by atoms with Crippen LogP contribution in [0.25, 0.3) is 11.5 Å². The van der Waals surface area contributed by atoms with Gasteiger partial charge in [0.1, 0.15) is 11.4 Å². The van der Waals surface area contributed by atoms with Crippen LogP contribution in [0.1, 0.15) is 11.6 Å². The van der Waals surface area contributed by atoms with Gasteiger partial charge in [0.2, 0.25) is 5.82 Å². The summed E-state index contributed by atoms with van der Waals surface area (Å²) in [5.41, 5.74) is 7.88. The van der Waals surface area contributed by atoms with E-state index in [9.17, 15) is 0 Å². The number of pyridine rings is 1. The molecule has 6 heteroatoms. The predicted octanol–water partition coefficient (Wildman–Crippen LogP) is 2.60. The summed E-state index contributed by atoms with van der Waals surface area (Å²) >= 11 is 0. The van der Waals surface area contributed by atoms with Crippen molar-refractivity contribution in [1.29, 1.82) is 0 Å². The van der Waals surface area contributed by atoms with Crippen molar-refractivity contribution in [3.8, 4) is 17.3 Å². The van der Waals surface area contributed by atoms with Crippen molar-refractivity contribution in [2.75, 3.05) is 5.73 Å². The third-order valence-electron chi connectivity index (χ3n) is 2.83. The summed E-state index contributed by atoms with van der Waals surface area (Å²) in [7, 11) is 0. The zero-order valence-corrected chi connectivity index (χ0v) is 11.5. The number of ether oxygens (including phenoxy) is 1. The fourth-order valence-electron chi connectivity index (χ4n) is 1.79. The number of hydrogen-bond acceptors (Lipinski definition) is 6. The summed E-state index contributed by atoms with van der Waals surface area (Å²) in [5.74, 6) is 1.54. The van der Waals surface area contributed by atoms with E-state index in [0.717, 1.165) is 5.69 Å². The first kappa shape index (κ1) is 13.1. The van der Waals surface area contributed by atoms with E-state index in [4.69, 9.17) is 15.0 Å². The van der Waals surface area contributed by atoms with Gasteiger partial charge in [0.05, 0.1) is 0 Å². The van der Waals surface area contributed by atoms with Gasteiger partial charge in [-0.15, -0.1) is 0 Å². The first-order valence-corrected chi connectivity index (χ1v) is 6.46. The van der Waals surface area contributed by atoms with Crippen molar-refractivity contribution in [3.05, 3.63) is 54.0 Å². The summed E-state index contributed by atoms with van der Waals surface area (Å²) in [6.07, 6.45) is 0. The Bertz CT molecular complexity index is 737. The molecule has 0 aliphatic rings. The Hall–Kier alpha value is -2.89. The predicted molar refractivity (Wildman–Crippen MR) is 77.5 cm³/mol. The van der Waals surface area contributed by atoms with E-state index in [2.05, 4.69) is 15.1 Å². The van der Waals surface area contributed by atoms with Crippen LogP contribution in [0.15, 0.2) is 47.0 Å². The maximum Gasteiger partial charge on any atom is 0.264 e. The number of nitrogens with two attached hydrogens (primary N) is 1. The molecule has 21 heavy (non-hydrogen) atoms. The first-order valence-electron chi connectivity index (χ1n) is 6.46. The quantitative estimate of drug-likeness (QED) is 0.740. The number of rotatable bonds is 4. The van der Waals surface area contributed by atoms with Gasteiger partial charge in [0.15, 0.2) is 6.61 Å². The number of benzene rings is 1. The van der Waals surface area contributed by atoms with Gasteiger partial charge in [-0.3, -0.25) is 0 Å². The highest BCUT2D eigenvalue weighted by Crippen LogP contribution is 2.16. The molecule has 3 aromatic rings. The molecule has 2 heterocycles. The van der Waals surface area contributed by atoms with Crippen molar-refractivity contribution >= 4 is 5.69 Å². The molecule has 0 aliphatic carbocycles. The number of aromatic nitrogens is 3. The minimum atomic E-state index is 0.197. The number of anilines is 1. The number of nitrogen functional groups attached to an aromatic ring is 1. The van der Waals surface area contributed by atoms with Crippen LogP contribution >= 0.6 is 0 Å². The first-order chi connectivity index (χ1) is 10.2. The average Bonchev–Trinajstić information content (AvgIpc) is 2.96. The van der Waals surface area contributed by atoms with Crippen molar-refractivity contribution in [2.24, 2.45) is 0 Å². The molecular formula is C15H14N4O2. The molecule has 0 bridgehead atoms. The Labute approximate surface area is 121 Å². The van der Waals surface area contributed by atoms with E-state index in [1.807, 2.05) is 25.1 Å². The lowest BCUT2D eigenvalue weighted by atomic mass is 10.3. The minimum Gasteiger partial charge on any atom is -0.484 e. The highest BCUT2D eigenvalue weighted by Gasteiger charge is 2.10. The van der Waals surface area contributed by atoms with Crippen molar-refractivity contribution in [3.63, 3.8) is 0 Å². The molecular weight excluding hydrogens is 268 g/mol. The molecule has 0 saturated carbocycles. The fourth-order valence-corrected chi connectivity index (χ4v) is 1.79. The monoisotopic (exact) mass is 282 g/mol. The fraction of sp³-hybridized carbons (Fsp3) is 0.133. The van der Waals surface area contributed by atoms with Crippen LogP contribution in [0.4, 0.5) is 5.69 Å². The Balaban J connectivity index is 1.69. The molecule has 0 atom stereocenters. The normalized spacial score (nSPS) is 10.5. The van der Waals surface area contributed by atoms with Gasteiger partial charge >= 0.3 is 0 Å². The Kier molecular flexibility index (Phi) is 3.51. The lowest BCUT2D eigenvalue weighted by molar-refractivity contribution is 0.243. The molecule has 1 aromatic carbocycles. The number of aryl methyl sites for hydroxylation is 1. The van der Waals surface area contributed by atoms with Gasteiger partial charge in [0.25, 0.3) is 5.89 Å². The lowest BCUT2D eigenvalue weighted by Crippen LogP contribution is -1.96. The van der Waals surface area contributed by atoms with Crippen molar-refractivity contribution in [1.82, 2.24) is 15.1 Å². The third kappa shape index (κ3) is 3.17. The van der Waals surface area contributed by atoms with E-state index in [0.29, 0.717) is 28.8 Å². The molecule has 2 N–H and O–H groups in total. The largest absolute Gasteiger partial charge is 0.484 e. The van der Waals surface area contributed by atoms with Crippen molar-refractivity contribution < 1.29 is 9.26 Å². The second-order valence-corrected chi connectivity index (χ2v) is 4.53. The minimum absolute atomic E-state index is 0.197. The van der Waals surface area contributed by atoms with Crippen LogP contribution in [-0.2, 0) is 6.61 Å². The molecule has 6 nitrogen and oxygen atoms in total. The highest BCUT2D eigenvalue weighted by atomic mass is 16.5. The standard InChI is InChI=1S/C15H14N4O2/c1-10-3-2-4-13(17-10)15-18-14(21-19-15)9-20-12-7-5-11(16)6-8-12/h2-8H,9,16H2,1H3. The molecule has 0 amide bonds. The summed E-state index contributed by atoms with van der Waals surface area (Å²) in [5, 5.41) is 3.91. The Morgan fingerprint density at radius 1 is 1.10 bits per heavy atom. The van der Waals surface area contributed by atoms with Crippen LogP contribution in [-0.4, -0.2) is 15.1 Å². The average molecular weight is 282 g/mol. The summed E-state index contributed by atoms with van der Waals surface area (Å²) < 4.78 is 10.7. The summed E-state index contributed by atoms with van der Waals surface area (Å²) in [6.45, 7) is 2.11. The van der Waals surface area contributed by atoms with Gasteiger partial charge in [-0.1, -0.05) is 11.2 Å². The molecule has 2 aromatic heterocycles. The van der Waals surface area contributed by atoms with Crippen molar-refractivity contribution in [2.45, 2.75) is 13.5 Å². The van der Waals surface area contributed by atoms with E-state index < -0.39 is 0 Å². The van der Waals surface area contributed by atoms with Crippen LogP contribution in [0.5, 0.6) is 5.75 Å². The maximum absolute atomic E-state index is 5.61. The smallest absolute Gasteiger partial charge is 0.264 e. The van der Waals surface area contributed by atoms with Gasteiger partial charge in [-0.2, -0.15) is 4.98 Å². The Morgan fingerprint density at radius 3 is 2.67 bits per heavy atom. The maximum atomic E-state index is 5.61. The van der Waals surface area contributed by atoms with Gasteiger partial charge < -0.3 is 15.0 Å². The van der Waals surface area contributed by atoms with Crippen LogP contribution < -0.4 is 10.5 Å². The van der Waals surface area contributed by atoms with Gasteiger partial charge in [-0.25, -0.2) is 4.98 Å². The van der Waals surface area contributed by atoms with Gasteiger partial charge in [-0.05, 0) is 43.3 Å². The molecule has 3 rings (SSSR count). The van der Waals surface area contributed by atoms with E-state index >= 15 is 0 Å². The van der Waals surface area contributed by atoms with Crippen LogP contribution in [0.3, 0.4) is 0 Å². The SMILES string of the molecule is Cc1cccc(-c2noc(COc3ccc(N)cc3)n2)n1. The lowest BCUT2D eigenvalue weighted by Gasteiger charge is -2.02. The van der Waals surface area contributed by atoms with Crippen LogP contribution in [0.2, 0.25) is 0 Å². The molecule has 0 saturated heterocycles. The number of nitrogens with zero attached hydrogens (tertiary/aromatic N) is 3. The Morgan fingerprint density at radius 2 is 1.90 bits per heavy atom. The zero-order valence-electron chi connectivity index (χ0n) is 11.5. The summed E-state index contributed by atoms with van der Waals surface area (Å²) in [6, 6.07) is 12.8. The summed E-state index contributed by atoms with van der Waals surface area (Å²) in [4.78, 5) is 8.61. The second-order valence-electron chi connectivity index (χ2n) is 4.53. The second kappa shape index (κ2) is 5.62. The topological polar surface area (TPSA) is 87.1 Å². The molecule has 0 radical (unpaired) electrons. The molecule has 0 aliphatic heterocycles. The molecule has 0 fully saturated rings. The number of hydrogen-bond donors (Lipinski definition) is 1. The molecule has 106 valence electrons. The molecule has 0 unspecified atom stereocenters. The van der Waals surface area contributed by atoms with Crippen LogP contribution in [0, 0.1) is 6.92 Å². The molecule has 0 spiro atoms. The van der Waals surface area contributed by atoms with E-state index in [1.54, 1.807) is 24.3 Å². The van der Waals surface area contributed by atoms with Gasteiger partial charge in [0, 0.05) is 11.4 Å².